The van der Waals surface area contributed by atoms with Gasteiger partial charge in [-0.2, -0.15) is 5.10 Å². The van der Waals surface area contributed by atoms with Gasteiger partial charge in [0.1, 0.15) is 0 Å². The highest BCUT2D eigenvalue weighted by molar-refractivity contribution is 7.80. The van der Waals surface area contributed by atoms with E-state index in [9.17, 15) is 4.79 Å². The van der Waals surface area contributed by atoms with Crippen molar-refractivity contribution in [3.8, 4) is 0 Å². The summed E-state index contributed by atoms with van der Waals surface area (Å²) in [4.78, 5) is 12.9. The van der Waals surface area contributed by atoms with Crippen LogP contribution >= 0.6 is 12.2 Å². The minimum atomic E-state index is -0.541. The molecule has 5 nitrogen and oxygen atoms in total. The average molecular weight is 308 g/mol. The number of rotatable bonds is 4. The summed E-state index contributed by atoms with van der Waals surface area (Å²) in [5, 5.41) is 7.20. The van der Waals surface area contributed by atoms with Crippen LogP contribution in [0.5, 0.6) is 0 Å². The third-order valence-electron chi connectivity index (χ3n) is 4.84. The van der Waals surface area contributed by atoms with Crippen LogP contribution in [0.1, 0.15) is 55.1 Å². The lowest BCUT2D eigenvalue weighted by Crippen LogP contribution is -2.58. The molecule has 0 atom stereocenters. The molecule has 0 radical (unpaired) electrons. The van der Waals surface area contributed by atoms with Gasteiger partial charge < -0.3 is 11.1 Å². The molecule has 21 heavy (non-hydrogen) atoms. The molecule has 6 heteroatoms. The number of aryl methyl sites for hydroxylation is 1. The topological polar surface area (TPSA) is 72.9 Å². The van der Waals surface area contributed by atoms with Crippen molar-refractivity contribution in [2.75, 3.05) is 0 Å². The third-order valence-corrected chi connectivity index (χ3v) is 5.23. The highest BCUT2D eigenvalue weighted by Gasteiger charge is 2.39. The van der Waals surface area contributed by atoms with Gasteiger partial charge >= 0.3 is 0 Å². The molecule has 0 unspecified atom stereocenters. The summed E-state index contributed by atoms with van der Waals surface area (Å²) in [5.74, 6) is 0.577. The first-order valence-electron chi connectivity index (χ1n) is 7.50. The van der Waals surface area contributed by atoms with Crippen LogP contribution in [-0.2, 0) is 7.05 Å². The van der Waals surface area contributed by atoms with Crippen molar-refractivity contribution in [1.82, 2.24) is 15.1 Å². The molecule has 0 aromatic carbocycles. The molecule has 2 rings (SSSR count). The lowest BCUT2D eigenvalue weighted by atomic mass is 9.75. The summed E-state index contributed by atoms with van der Waals surface area (Å²) >= 11 is 5.25. The predicted octanol–water partition coefficient (Wildman–Crippen LogP) is 2.08. The molecule has 3 N–H and O–H groups in total. The van der Waals surface area contributed by atoms with Crippen LogP contribution in [0.2, 0.25) is 0 Å². The number of aromatic nitrogens is 2. The van der Waals surface area contributed by atoms with Gasteiger partial charge in [-0.15, -0.1) is 0 Å². The second-order valence-electron chi connectivity index (χ2n) is 6.02. The fraction of sp³-hybridized carbons (Fsp3) is 0.667. The molecule has 1 amide bonds. The molecular weight excluding hydrogens is 284 g/mol. The van der Waals surface area contributed by atoms with Gasteiger partial charge in [0.25, 0.3) is 5.91 Å². The van der Waals surface area contributed by atoms with E-state index in [1.165, 1.54) is 6.42 Å². The van der Waals surface area contributed by atoms with Crippen molar-refractivity contribution in [3.63, 3.8) is 0 Å². The van der Waals surface area contributed by atoms with E-state index >= 15 is 0 Å². The van der Waals surface area contributed by atoms with Crippen LogP contribution in [0, 0.1) is 12.8 Å². The normalized spacial score (nSPS) is 25.6. The Labute approximate surface area is 131 Å². The van der Waals surface area contributed by atoms with Crippen LogP contribution in [0.4, 0.5) is 0 Å². The van der Waals surface area contributed by atoms with Crippen molar-refractivity contribution < 1.29 is 4.79 Å². The lowest BCUT2D eigenvalue weighted by Gasteiger charge is -2.40. The number of carbonyl (C=O) groups is 1. The maximum absolute atomic E-state index is 12.5. The summed E-state index contributed by atoms with van der Waals surface area (Å²) < 4.78 is 1.69. The molecular formula is C15H24N4OS. The van der Waals surface area contributed by atoms with E-state index < -0.39 is 5.54 Å². The van der Waals surface area contributed by atoms with E-state index in [1.807, 2.05) is 14.0 Å². The number of nitrogens with one attached hydrogen (secondary N) is 1. The number of carbonyl (C=O) groups excluding carboxylic acids is 1. The number of nitrogens with zero attached hydrogens (tertiary/aromatic N) is 2. The van der Waals surface area contributed by atoms with E-state index in [1.54, 1.807) is 10.9 Å². The smallest absolute Gasteiger partial charge is 0.255 e. The highest BCUT2D eigenvalue weighted by Crippen LogP contribution is 2.34. The van der Waals surface area contributed by atoms with E-state index in [4.69, 9.17) is 18.0 Å². The average Bonchev–Trinajstić information content (AvgIpc) is 2.79. The van der Waals surface area contributed by atoms with Gasteiger partial charge in [0, 0.05) is 12.7 Å². The van der Waals surface area contributed by atoms with Gasteiger partial charge in [-0.25, -0.2) is 0 Å². The Balaban J connectivity index is 2.16. The van der Waals surface area contributed by atoms with Gasteiger partial charge in [-0.05, 0) is 38.5 Å². The molecule has 0 aliphatic heterocycles. The predicted molar refractivity (Wildman–Crippen MR) is 87.2 cm³/mol. The standard InChI is InChI=1S/C15H24N4OS/c1-4-11-5-7-15(8-6-11,14(16)21)18-13(20)12-9-17-19(3)10(12)2/h9,11H,4-8H2,1-3H3,(H2,16,21)(H,18,20). The molecule has 1 aromatic rings. The fourth-order valence-electron chi connectivity index (χ4n) is 3.02. The molecule has 1 heterocycles. The summed E-state index contributed by atoms with van der Waals surface area (Å²) in [7, 11) is 1.82. The lowest BCUT2D eigenvalue weighted by molar-refractivity contribution is 0.0897. The Bertz CT molecular complexity index is 544. The molecule has 1 aliphatic carbocycles. The maximum Gasteiger partial charge on any atom is 0.255 e. The van der Waals surface area contributed by atoms with E-state index in [2.05, 4.69) is 17.3 Å². The van der Waals surface area contributed by atoms with Crippen LogP contribution in [0.3, 0.4) is 0 Å². The van der Waals surface area contributed by atoms with E-state index in [0.717, 1.165) is 31.4 Å². The Morgan fingerprint density at radius 3 is 2.62 bits per heavy atom. The first-order valence-corrected chi connectivity index (χ1v) is 7.91. The largest absolute Gasteiger partial charge is 0.391 e. The van der Waals surface area contributed by atoms with Crippen LogP contribution in [0.15, 0.2) is 6.20 Å². The molecule has 0 bridgehead atoms. The van der Waals surface area contributed by atoms with Crippen molar-refractivity contribution in [2.24, 2.45) is 18.7 Å². The monoisotopic (exact) mass is 308 g/mol. The first kappa shape index (κ1) is 15.9. The summed E-state index contributed by atoms with van der Waals surface area (Å²) in [6.45, 7) is 4.08. The minimum absolute atomic E-state index is 0.136. The van der Waals surface area contributed by atoms with Gasteiger partial charge in [-0.3, -0.25) is 9.48 Å². The van der Waals surface area contributed by atoms with Gasteiger partial charge in [0.05, 0.1) is 22.3 Å². The second-order valence-corrected chi connectivity index (χ2v) is 6.46. The van der Waals surface area contributed by atoms with Crippen molar-refractivity contribution in [1.29, 1.82) is 0 Å². The molecule has 1 aliphatic rings. The zero-order valence-electron chi connectivity index (χ0n) is 13.0. The van der Waals surface area contributed by atoms with Gasteiger partial charge in [-0.1, -0.05) is 25.6 Å². The quantitative estimate of drug-likeness (QED) is 0.835. The number of nitrogens with two attached hydrogens (primary N) is 1. The molecule has 0 saturated heterocycles. The number of amides is 1. The Kier molecular flexibility index (Phi) is 4.66. The summed E-state index contributed by atoms with van der Waals surface area (Å²) in [6, 6.07) is 0. The molecule has 1 saturated carbocycles. The molecule has 1 fully saturated rings. The summed E-state index contributed by atoms with van der Waals surface area (Å²) in [5.41, 5.74) is 6.84. The zero-order valence-corrected chi connectivity index (χ0v) is 13.8. The maximum atomic E-state index is 12.5. The molecule has 0 spiro atoms. The van der Waals surface area contributed by atoms with Gasteiger partial charge in [0.2, 0.25) is 0 Å². The van der Waals surface area contributed by atoms with Crippen molar-refractivity contribution >= 4 is 23.1 Å². The Morgan fingerprint density at radius 1 is 1.57 bits per heavy atom. The van der Waals surface area contributed by atoms with E-state index in [-0.39, 0.29) is 5.91 Å². The van der Waals surface area contributed by atoms with Crippen LogP contribution in [-0.4, -0.2) is 26.2 Å². The zero-order chi connectivity index (χ0) is 15.6. The molecule has 116 valence electrons. The SMILES string of the molecule is CCC1CCC(NC(=O)c2cnn(C)c2C)(C(N)=S)CC1. The first-order chi connectivity index (χ1) is 9.89. The minimum Gasteiger partial charge on any atom is -0.391 e. The number of hydrogen-bond donors (Lipinski definition) is 2. The van der Waals surface area contributed by atoms with Crippen LogP contribution < -0.4 is 11.1 Å². The Hall–Kier alpha value is -1.43. The third kappa shape index (κ3) is 3.10. The van der Waals surface area contributed by atoms with Crippen LogP contribution in [0.25, 0.3) is 0 Å². The second kappa shape index (κ2) is 6.13. The fourth-order valence-corrected chi connectivity index (χ4v) is 3.27. The summed E-state index contributed by atoms with van der Waals surface area (Å²) in [6.07, 6.45) is 6.52. The van der Waals surface area contributed by atoms with E-state index in [0.29, 0.717) is 16.5 Å². The highest BCUT2D eigenvalue weighted by atomic mass is 32.1. The van der Waals surface area contributed by atoms with Gasteiger partial charge in [0.15, 0.2) is 0 Å². The number of hydrogen-bond acceptors (Lipinski definition) is 3. The molecule has 1 aromatic heterocycles. The number of thiocarbonyl (C=S) groups is 1. The van der Waals surface area contributed by atoms with Crippen molar-refractivity contribution in [2.45, 2.75) is 51.5 Å². The Morgan fingerprint density at radius 2 is 2.19 bits per heavy atom. The van der Waals surface area contributed by atoms with Crippen molar-refractivity contribution in [3.05, 3.63) is 17.5 Å².